The lowest BCUT2D eigenvalue weighted by molar-refractivity contribution is -0.116. The molecule has 4 nitrogen and oxygen atoms in total. The van der Waals surface area contributed by atoms with E-state index < -0.39 is 5.60 Å². The quantitative estimate of drug-likeness (QED) is 0.775. The summed E-state index contributed by atoms with van der Waals surface area (Å²) in [6.45, 7) is 0. The van der Waals surface area contributed by atoms with Gasteiger partial charge in [0.05, 0.1) is 0 Å². The molecule has 0 bridgehead atoms. The van der Waals surface area contributed by atoms with Gasteiger partial charge in [-0.25, -0.2) is 0 Å². The number of aromatic nitrogens is 1. The smallest absolute Gasteiger partial charge is 0.224 e. The number of anilines is 1. The van der Waals surface area contributed by atoms with E-state index in [-0.39, 0.29) is 5.91 Å². The number of fused-ring (bicyclic) bond motifs is 1. The molecule has 2 heterocycles. The fourth-order valence-corrected chi connectivity index (χ4v) is 3.36. The number of carbonyl (C=O) groups excluding carboxylic acids is 1. The highest BCUT2D eigenvalue weighted by atomic mass is 16.3. The summed E-state index contributed by atoms with van der Waals surface area (Å²) in [6.07, 6.45) is 4.52. The lowest BCUT2D eigenvalue weighted by Gasteiger charge is -2.31. The van der Waals surface area contributed by atoms with Crippen LogP contribution >= 0.6 is 0 Å². The number of nitrogens with one attached hydrogen (secondary N) is 1. The van der Waals surface area contributed by atoms with Crippen molar-refractivity contribution in [2.45, 2.75) is 18.4 Å². The minimum absolute atomic E-state index is 0.0332. The van der Waals surface area contributed by atoms with E-state index in [9.17, 15) is 9.90 Å². The Bertz CT molecular complexity index is 868. The first-order chi connectivity index (χ1) is 12.2. The number of hydrogen-bond acceptors (Lipinski definition) is 3. The van der Waals surface area contributed by atoms with Crippen LogP contribution in [-0.4, -0.2) is 16.0 Å². The normalized spacial score (nSPS) is 15.8. The summed E-state index contributed by atoms with van der Waals surface area (Å²) in [4.78, 5) is 15.8. The third-order valence-electron chi connectivity index (χ3n) is 4.69. The van der Waals surface area contributed by atoms with Gasteiger partial charge in [-0.15, -0.1) is 0 Å². The van der Waals surface area contributed by atoms with Gasteiger partial charge in [-0.1, -0.05) is 48.5 Å². The van der Waals surface area contributed by atoms with Gasteiger partial charge in [0.15, 0.2) is 0 Å². The highest BCUT2D eigenvalue weighted by Gasteiger charge is 2.34. The lowest BCUT2D eigenvalue weighted by atomic mass is 9.80. The summed E-state index contributed by atoms with van der Waals surface area (Å²) >= 11 is 0. The van der Waals surface area contributed by atoms with Crippen LogP contribution in [0.25, 0.3) is 0 Å². The number of nitrogens with zero attached hydrogens (tertiary/aromatic N) is 1. The Balaban J connectivity index is 1.89. The Morgan fingerprint density at radius 3 is 2.48 bits per heavy atom. The van der Waals surface area contributed by atoms with Crippen LogP contribution in [0.2, 0.25) is 0 Å². The zero-order chi connectivity index (χ0) is 17.3. The molecule has 1 aliphatic heterocycles. The molecule has 2 N–H and O–H groups in total. The second kappa shape index (κ2) is 6.15. The van der Waals surface area contributed by atoms with Gasteiger partial charge in [0.2, 0.25) is 5.91 Å². The van der Waals surface area contributed by atoms with E-state index in [1.165, 1.54) is 0 Å². The maximum Gasteiger partial charge on any atom is 0.224 e. The number of pyridine rings is 1. The molecule has 1 amide bonds. The van der Waals surface area contributed by atoms with Gasteiger partial charge < -0.3 is 10.4 Å². The van der Waals surface area contributed by atoms with Crippen LogP contribution in [0.4, 0.5) is 5.69 Å². The number of carbonyl (C=O) groups is 1. The van der Waals surface area contributed by atoms with E-state index in [2.05, 4.69) is 10.3 Å². The first-order valence-electron chi connectivity index (χ1n) is 8.29. The van der Waals surface area contributed by atoms with Crippen molar-refractivity contribution < 1.29 is 9.90 Å². The Hall–Kier alpha value is -2.98. The van der Waals surface area contributed by atoms with Gasteiger partial charge in [0.1, 0.15) is 5.60 Å². The van der Waals surface area contributed by atoms with Crippen molar-refractivity contribution in [1.29, 1.82) is 0 Å². The molecule has 0 aliphatic carbocycles. The van der Waals surface area contributed by atoms with E-state index in [1.807, 2.05) is 60.7 Å². The molecule has 3 aromatic rings. The molecule has 1 aliphatic rings. The van der Waals surface area contributed by atoms with E-state index >= 15 is 0 Å². The van der Waals surface area contributed by atoms with Crippen LogP contribution in [0, 0.1) is 0 Å². The average molecular weight is 330 g/mol. The molecule has 4 heteroatoms. The third-order valence-corrected chi connectivity index (χ3v) is 4.69. The van der Waals surface area contributed by atoms with Crippen molar-refractivity contribution in [2.75, 3.05) is 5.32 Å². The van der Waals surface area contributed by atoms with Crippen molar-refractivity contribution in [3.05, 3.63) is 95.3 Å². The van der Waals surface area contributed by atoms with E-state index in [0.717, 1.165) is 22.4 Å². The molecule has 1 atom stereocenters. The van der Waals surface area contributed by atoms with Gasteiger partial charge in [-0.2, -0.15) is 0 Å². The molecule has 0 radical (unpaired) electrons. The Labute approximate surface area is 146 Å². The van der Waals surface area contributed by atoms with Gasteiger partial charge in [0.25, 0.3) is 0 Å². The van der Waals surface area contributed by atoms with Crippen LogP contribution in [0.15, 0.2) is 73.1 Å². The van der Waals surface area contributed by atoms with Gasteiger partial charge in [-0.05, 0) is 35.2 Å². The number of aryl methyl sites for hydroxylation is 1. The summed E-state index contributed by atoms with van der Waals surface area (Å²) in [5.74, 6) is 0.0332. The molecule has 1 unspecified atom stereocenters. The monoisotopic (exact) mass is 330 g/mol. The van der Waals surface area contributed by atoms with Crippen LogP contribution < -0.4 is 5.32 Å². The molecule has 4 rings (SSSR count). The van der Waals surface area contributed by atoms with Crippen molar-refractivity contribution in [3.8, 4) is 0 Å². The number of benzene rings is 2. The van der Waals surface area contributed by atoms with Crippen molar-refractivity contribution in [3.63, 3.8) is 0 Å². The largest absolute Gasteiger partial charge is 0.376 e. The molecule has 124 valence electrons. The summed E-state index contributed by atoms with van der Waals surface area (Å²) in [5, 5.41) is 14.6. The number of rotatable bonds is 3. The predicted molar refractivity (Wildman–Crippen MR) is 96.2 cm³/mol. The maximum atomic E-state index is 11.8. The predicted octanol–water partition coefficient (Wildman–Crippen LogP) is 3.25. The van der Waals surface area contributed by atoms with Crippen LogP contribution in [0.5, 0.6) is 0 Å². The molecule has 0 saturated carbocycles. The average Bonchev–Trinajstić information content (AvgIpc) is 2.68. The number of aliphatic hydroxyl groups is 1. The zero-order valence-corrected chi connectivity index (χ0v) is 13.6. The molecular weight excluding hydrogens is 312 g/mol. The van der Waals surface area contributed by atoms with Gasteiger partial charge in [0, 0.05) is 30.1 Å². The van der Waals surface area contributed by atoms with E-state index in [4.69, 9.17) is 0 Å². The number of hydrogen-bond donors (Lipinski definition) is 2. The van der Waals surface area contributed by atoms with E-state index in [1.54, 1.807) is 12.4 Å². The van der Waals surface area contributed by atoms with Gasteiger partial charge in [-0.3, -0.25) is 9.78 Å². The fraction of sp³-hybridized carbons (Fsp3) is 0.143. The Morgan fingerprint density at radius 1 is 0.920 bits per heavy atom. The summed E-state index contributed by atoms with van der Waals surface area (Å²) in [5.41, 5.74) is 2.81. The standard InChI is InChI=1S/C21H18N2O2/c24-20-11-8-15-13-17(9-10-19(15)23-20)21(25,16-5-2-1-3-6-16)18-7-4-12-22-14-18/h1-7,9-10,12-14,25H,8,11H2,(H,23,24). The number of amides is 1. The van der Waals surface area contributed by atoms with Crippen LogP contribution in [0.3, 0.4) is 0 Å². The fourth-order valence-electron chi connectivity index (χ4n) is 3.36. The first-order valence-corrected chi connectivity index (χ1v) is 8.29. The zero-order valence-electron chi connectivity index (χ0n) is 13.6. The highest BCUT2D eigenvalue weighted by Crippen LogP contribution is 2.38. The topological polar surface area (TPSA) is 62.2 Å². The second-order valence-electron chi connectivity index (χ2n) is 6.24. The SMILES string of the molecule is O=C1CCc2cc(C(O)(c3ccccc3)c3cccnc3)ccc2N1. The molecule has 0 fully saturated rings. The van der Waals surface area contributed by atoms with Crippen molar-refractivity contribution in [2.24, 2.45) is 0 Å². The molecule has 1 aromatic heterocycles. The Kier molecular flexibility index (Phi) is 3.82. The molecule has 25 heavy (non-hydrogen) atoms. The third kappa shape index (κ3) is 2.71. The van der Waals surface area contributed by atoms with Crippen molar-refractivity contribution >= 4 is 11.6 Å². The van der Waals surface area contributed by atoms with Crippen molar-refractivity contribution in [1.82, 2.24) is 4.98 Å². The molecule has 0 spiro atoms. The van der Waals surface area contributed by atoms with Crippen LogP contribution in [-0.2, 0) is 16.8 Å². The highest BCUT2D eigenvalue weighted by molar-refractivity contribution is 5.93. The maximum absolute atomic E-state index is 11.8. The molecule has 2 aromatic carbocycles. The van der Waals surface area contributed by atoms with E-state index in [0.29, 0.717) is 18.4 Å². The summed E-state index contributed by atoms with van der Waals surface area (Å²) in [7, 11) is 0. The summed E-state index contributed by atoms with van der Waals surface area (Å²) < 4.78 is 0. The molecular formula is C21H18N2O2. The minimum atomic E-state index is -1.30. The lowest BCUT2D eigenvalue weighted by Crippen LogP contribution is -2.29. The van der Waals surface area contributed by atoms with Gasteiger partial charge >= 0.3 is 0 Å². The molecule has 0 saturated heterocycles. The minimum Gasteiger partial charge on any atom is -0.376 e. The van der Waals surface area contributed by atoms with Crippen LogP contribution in [0.1, 0.15) is 28.7 Å². The second-order valence-corrected chi connectivity index (χ2v) is 6.24. The Morgan fingerprint density at radius 2 is 1.72 bits per heavy atom. The summed E-state index contributed by atoms with van der Waals surface area (Å²) in [6, 6.07) is 19.0. The first kappa shape index (κ1) is 15.5.